The van der Waals surface area contributed by atoms with Crippen molar-refractivity contribution in [3.63, 3.8) is 0 Å². The fourth-order valence-corrected chi connectivity index (χ4v) is 3.38. The summed E-state index contributed by atoms with van der Waals surface area (Å²) in [5, 5.41) is 17.0. The Labute approximate surface area is 210 Å². The largest absolute Gasteiger partial charge is 0.480 e. The first-order valence-corrected chi connectivity index (χ1v) is 11.9. The number of carboxylic acids is 1. The Morgan fingerprint density at radius 3 is 1.97 bits per heavy atom. The van der Waals surface area contributed by atoms with E-state index in [9.17, 15) is 29.1 Å². The van der Waals surface area contributed by atoms with Crippen LogP contribution in [0.5, 0.6) is 0 Å². The van der Waals surface area contributed by atoms with E-state index < -0.39 is 53.8 Å². The predicted molar refractivity (Wildman–Crippen MR) is 133 cm³/mol. The van der Waals surface area contributed by atoms with Crippen molar-refractivity contribution < 1.29 is 29.1 Å². The first kappa shape index (κ1) is 29.9. The molecule has 0 heterocycles. The Kier molecular flexibility index (Phi) is 12.8. The molecule has 194 valence electrons. The van der Waals surface area contributed by atoms with Crippen LogP contribution >= 0.6 is 12.6 Å². The van der Waals surface area contributed by atoms with Gasteiger partial charge < -0.3 is 32.5 Å². The summed E-state index contributed by atoms with van der Waals surface area (Å²) in [6.07, 6.45) is -0.0401. The maximum Gasteiger partial charge on any atom is 0.326 e. The highest BCUT2D eigenvalue weighted by Gasteiger charge is 2.30. The molecule has 11 nitrogen and oxygen atoms in total. The van der Waals surface area contributed by atoms with Crippen molar-refractivity contribution in [3.8, 4) is 0 Å². The molecule has 8 N–H and O–H groups in total. The molecule has 0 fully saturated rings. The number of primary amides is 1. The van der Waals surface area contributed by atoms with E-state index in [4.69, 9.17) is 11.5 Å². The number of aliphatic carboxylic acids is 1. The van der Waals surface area contributed by atoms with Crippen molar-refractivity contribution >= 4 is 42.2 Å². The molecule has 4 unspecified atom stereocenters. The summed E-state index contributed by atoms with van der Waals surface area (Å²) < 4.78 is 0. The average Bonchev–Trinajstić information content (AvgIpc) is 2.80. The summed E-state index contributed by atoms with van der Waals surface area (Å²) >= 11 is 3.96. The number of carbonyl (C=O) groups excluding carboxylic acids is 4. The molecular weight excluding hydrogens is 474 g/mol. The number of thiol groups is 1. The van der Waals surface area contributed by atoms with Gasteiger partial charge in [0, 0.05) is 18.6 Å². The van der Waals surface area contributed by atoms with Gasteiger partial charge in [-0.25, -0.2) is 4.79 Å². The monoisotopic (exact) mass is 509 g/mol. The molecule has 0 aliphatic carbocycles. The number of hydrogen-bond acceptors (Lipinski definition) is 7. The molecule has 1 rings (SSSR count). The topological polar surface area (TPSA) is 194 Å². The van der Waals surface area contributed by atoms with Crippen LogP contribution in [0.25, 0.3) is 0 Å². The highest BCUT2D eigenvalue weighted by molar-refractivity contribution is 7.80. The van der Waals surface area contributed by atoms with Crippen LogP contribution in [0.3, 0.4) is 0 Å². The first-order chi connectivity index (χ1) is 16.4. The van der Waals surface area contributed by atoms with Crippen molar-refractivity contribution in [2.75, 3.05) is 5.75 Å². The van der Waals surface area contributed by atoms with Crippen molar-refractivity contribution in [1.82, 2.24) is 16.0 Å². The third-order valence-electron chi connectivity index (χ3n) is 5.08. The average molecular weight is 510 g/mol. The normalized spacial score (nSPS) is 14.3. The molecule has 4 atom stereocenters. The van der Waals surface area contributed by atoms with E-state index in [1.165, 1.54) is 0 Å². The zero-order valence-corrected chi connectivity index (χ0v) is 20.8. The number of carboxylic acid groups (broad SMARTS) is 1. The van der Waals surface area contributed by atoms with Gasteiger partial charge in [0.2, 0.25) is 23.6 Å². The summed E-state index contributed by atoms with van der Waals surface area (Å²) in [5.41, 5.74) is 11.6. The maximum atomic E-state index is 13.1. The molecule has 1 aromatic rings. The Morgan fingerprint density at radius 1 is 0.914 bits per heavy atom. The molecular formula is C23H35N5O6S. The van der Waals surface area contributed by atoms with Crippen LogP contribution in [0.4, 0.5) is 0 Å². The fraction of sp³-hybridized carbons (Fsp3) is 0.522. The Hall–Kier alpha value is -3.12. The van der Waals surface area contributed by atoms with E-state index in [1.807, 2.05) is 13.8 Å². The third-order valence-corrected chi connectivity index (χ3v) is 5.48. The maximum absolute atomic E-state index is 13.1. The van der Waals surface area contributed by atoms with Gasteiger partial charge in [0.1, 0.15) is 18.1 Å². The summed E-state index contributed by atoms with van der Waals surface area (Å²) in [5.74, 6) is -3.92. The fourth-order valence-electron chi connectivity index (χ4n) is 3.21. The van der Waals surface area contributed by atoms with Crippen LogP contribution < -0.4 is 27.4 Å². The molecule has 0 aromatic heterocycles. The van der Waals surface area contributed by atoms with Gasteiger partial charge in [-0.3, -0.25) is 19.2 Å². The molecule has 0 radical (unpaired) electrons. The Bertz CT molecular complexity index is 882. The van der Waals surface area contributed by atoms with Gasteiger partial charge in [-0.2, -0.15) is 12.6 Å². The SMILES string of the molecule is CC(C)CC(NC(=O)C(Cc1ccccc1)NC(=O)C(CCC(N)=O)NC(=O)C(N)CS)C(=O)O. The molecule has 0 saturated carbocycles. The zero-order chi connectivity index (χ0) is 26.5. The van der Waals surface area contributed by atoms with Crippen LogP contribution in [0.2, 0.25) is 0 Å². The zero-order valence-electron chi connectivity index (χ0n) is 19.9. The van der Waals surface area contributed by atoms with E-state index >= 15 is 0 Å². The minimum Gasteiger partial charge on any atom is -0.480 e. The van der Waals surface area contributed by atoms with Gasteiger partial charge in [-0.1, -0.05) is 44.2 Å². The lowest BCUT2D eigenvalue weighted by Gasteiger charge is -2.25. The molecule has 0 spiro atoms. The summed E-state index contributed by atoms with van der Waals surface area (Å²) in [6, 6.07) is 4.36. The van der Waals surface area contributed by atoms with Crippen molar-refractivity contribution in [3.05, 3.63) is 35.9 Å². The highest BCUT2D eigenvalue weighted by Crippen LogP contribution is 2.09. The van der Waals surface area contributed by atoms with E-state index in [0.29, 0.717) is 0 Å². The number of amides is 4. The Balaban J connectivity index is 3.13. The number of carbonyl (C=O) groups is 5. The summed E-state index contributed by atoms with van der Waals surface area (Å²) in [6.45, 7) is 3.65. The van der Waals surface area contributed by atoms with E-state index in [1.54, 1.807) is 30.3 Å². The lowest BCUT2D eigenvalue weighted by atomic mass is 10.0. The van der Waals surface area contributed by atoms with Crippen LogP contribution in [0.15, 0.2) is 30.3 Å². The van der Waals surface area contributed by atoms with Crippen molar-refractivity contribution in [1.29, 1.82) is 0 Å². The van der Waals surface area contributed by atoms with Gasteiger partial charge in [-0.15, -0.1) is 0 Å². The number of nitrogens with two attached hydrogens (primary N) is 2. The lowest BCUT2D eigenvalue weighted by molar-refractivity contribution is -0.142. The molecule has 0 saturated heterocycles. The number of benzene rings is 1. The number of rotatable bonds is 15. The summed E-state index contributed by atoms with van der Waals surface area (Å²) in [7, 11) is 0. The first-order valence-electron chi connectivity index (χ1n) is 11.3. The molecule has 1 aromatic carbocycles. The molecule has 0 bridgehead atoms. The van der Waals surface area contributed by atoms with E-state index in [2.05, 4.69) is 28.6 Å². The molecule has 0 aliphatic heterocycles. The highest BCUT2D eigenvalue weighted by atomic mass is 32.1. The molecule has 4 amide bonds. The van der Waals surface area contributed by atoms with Gasteiger partial charge in [0.05, 0.1) is 6.04 Å². The summed E-state index contributed by atoms with van der Waals surface area (Å²) in [4.78, 5) is 61.3. The second kappa shape index (κ2) is 15.0. The van der Waals surface area contributed by atoms with Gasteiger partial charge in [0.25, 0.3) is 0 Å². The van der Waals surface area contributed by atoms with Gasteiger partial charge in [-0.05, 0) is 24.3 Å². The quantitative estimate of drug-likeness (QED) is 0.152. The predicted octanol–water partition coefficient (Wildman–Crippen LogP) is -0.663. The van der Waals surface area contributed by atoms with Crippen LogP contribution in [-0.2, 0) is 30.4 Å². The van der Waals surface area contributed by atoms with E-state index in [0.717, 1.165) is 5.56 Å². The Morgan fingerprint density at radius 2 is 1.46 bits per heavy atom. The minimum atomic E-state index is -1.20. The second-order valence-corrected chi connectivity index (χ2v) is 9.00. The van der Waals surface area contributed by atoms with Gasteiger partial charge >= 0.3 is 5.97 Å². The molecule has 12 heteroatoms. The van der Waals surface area contributed by atoms with E-state index in [-0.39, 0.29) is 37.4 Å². The smallest absolute Gasteiger partial charge is 0.326 e. The molecule has 0 aliphatic rings. The molecule has 35 heavy (non-hydrogen) atoms. The van der Waals surface area contributed by atoms with Crippen LogP contribution in [0.1, 0.15) is 38.7 Å². The van der Waals surface area contributed by atoms with Crippen molar-refractivity contribution in [2.24, 2.45) is 17.4 Å². The van der Waals surface area contributed by atoms with Crippen molar-refractivity contribution in [2.45, 2.75) is 63.7 Å². The second-order valence-electron chi connectivity index (χ2n) is 8.64. The minimum absolute atomic E-state index is 0.00277. The number of hydrogen-bond donors (Lipinski definition) is 7. The number of nitrogens with one attached hydrogen (secondary N) is 3. The van der Waals surface area contributed by atoms with Crippen LogP contribution in [0, 0.1) is 5.92 Å². The van der Waals surface area contributed by atoms with Gasteiger partial charge in [0.15, 0.2) is 0 Å². The standard InChI is InChI=1S/C23H35N5O6S/c1-13(2)10-18(23(33)34)28-22(32)17(11-14-6-4-3-5-7-14)27-21(31)16(8-9-19(25)29)26-20(30)15(24)12-35/h3-7,13,15-18,35H,8-12,24H2,1-2H3,(H2,25,29)(H,26,30)(H,27,31)(H,28,32)(H,33,34). The third kappa shape index (κ3) is 11.2. The lowest BCUT2D eigenvalue weighted by Crippen LogP contribution is -2.58. The van der Waals surface area contributed by atoms with Crippen LogP contribution in [-0.4, -0.2) is 64.6 Å².